The van der Waals surface area contributed by atoms with E-state index in [1.165, 1.54) is 12.1 Å². The van der Waals surface area contributed by atoms with E-state index in [1.54, 1.807) is 30.3 Å². The molecule has 0 radical (unpaired) electrons. The second-order valence-corrected chi connectivity index (χ2v) is 6.82. The number of aryl methyl sites for hydroxylation is 1. The maximum Gasteiger partial charge on any atom is 0.244 e. The van der Waals surface area contributed by atoms with Crippen molar-refractivity contribution in [2.45, 2.75) is 25.8 Å². The third-order valence-electron chi connectivity index (χ3n) is 4.65. The van der Waals surface area contributed by atoms with Crippen LogP contribution in [0.15, 0.2) is 48.5 Å². The number of rotatable bonds is 4. The zero-order valence-corrected chi connectivity index (χ0v) is 15.3. The maximum absolute atomic E-state index is 14.2. The summed E-state index contributed by atoms with van der Waals surface area (Å²) in [5.74, 6) is -0.418. The fraction of sp³-hybridized carbons (Fsp3) is 0.273. The van der Waals surface area contributed by atoms with Crippen molar-refractivity contribution >= 4 is 17.7 Å². The van der Waals surface area contributed by atoms with Gasteiger partial charge in [0.05, 0.1) is 17.3 Å². The Labute approximate surface area is 158 Å². The fourth-order valence-corrected chi connectivity index (χ4v) is 3.31. The molecule has 5 heteroatoms. The van der Waals surface area contributed by atoms with Gasteiger partial charge >= 0.3 is 0 Å². The Morgan fingerprint density at radius 3 is 3.00 bits per heavy atom. The molecular formula is C22H22FN3O. The lowest BCUT2D eigenvalue weighted by molar-refractivity contribution is -0.117. The number of nitriles is 1. The predicted octanol–water partition coefficient (Wildman–Crippen LogP) is 3.80. The van der Waals surface area contributed by atoms with Crippen molar-refractivity contribution in [2.24, 2.45) is 0 Å². The maximum atomic E-state index is 14.2. The molecule has 1 aliphatic heterocycles. The van der Waals surface area contributed by atoms with E-state index >= 15 is 0 Å². The Balaban J connectivity index is 1.61. The Morgan fingerprint density at radius 1 is 1.33 bits per heavy atom. The second kappa shape index (κ2) is 8.50. The number of hydrogen-bond acceptors (Lipinski definition) is 3. The first-order valence-electron chi connectivity index (χ1n) is 9.05. The van der Waals surface area contributed by atoms with E-state index in [-0.39, 0.29) is 17.8 Å². The first-order valence-corrected chi connectivity index (χ1v) is 9.05. The Hall–Kier alpha value is -3.13. The number of benzene rings is 2. The van der Waals surface area contributed by atoms with Crippen LogP contribution in [-0.2, 0) is 4.79 Å². The van der Waals surface area contributed by atoms with Crippen LogP contribution in [0.25, 0.3) is 6.08 Å². The van der Waals surface area contributed by atoms with Crippen LogP contribution in [0.4, 0.5) is 10.1 Å². The largest absolute Gasteiger partial charge is 0.367 e. The monoisotopic (exact) mass is 363 g/mol. The minimum Gasteiger partial charge on any atom is -0.367 e. The number of nitrogens with one attached hydrogen (secondary N) is 1. The standard InChI is InChI=1S/C22H22FN3O/c1-16-7-9-20(23)21(12-16)26-11-3-6-19(15-26)25-22(27)10-8-17-4-2-5-18(13-17)14-24/h2,4-5,7-10,12-13,19H,3,6,11,15H2,1H3,(H,25,27)/b10-8+. The molecular weight excluding hydrogens is 341 g/mol. The van der Waals surface area contributed by atoms with Crippen molar-refractivity contribution in [1.29, 1.82) is 5.26 Å². The number of carbonyl (C=O) groups is 1. The number of amides is 1. The summed E-state index contributed by atoms with van der Waals surface area (Å²) < 4.78 is 14.2. The van der Waals surface area contributed by atoms with Gasteiger partial charge in [-0.3, -0.25) is 4.79 Å². The van der Waals surface area contributed by atoms with Gasteiger partial charge in [-0.05, 0) is 61.2 Å². The summed E-state index contributed by atoms with van der Waals surface area (Å²) in [7, 11) is 0. The molecule has 4 nitrogen and oxygen atoms in total. The zero-order chi connectivity index (χ0) is 19.2. The van der Waals surface area contributed by atoms with Crippen molar-refractivity contribution in [3.8, 4) is 6.07 Å². The van der Waals surface area contributed by atoms with Gasteiger partial charge in [0.25, 0.3) is 0 Å². The summed E-state index contributed by atoms with van der Waals surface area (Å²) in [6.07, 6.45) is 4.93. The van der Waals surface area contributed by atoms with E-state index in [9.17, 15) is 9.18 Å². The van der Waals surface area contributed by atoms with Crippen molar-refractivity contribution in [1.82, 2.24) is 5.32 Å². The molecule has 27 heavy (non-hydrogen) atoms. The van der Waals surface area contributed by atoms with Gasteiger partial charge < -0.3 is 10.2 Å². The Morgan fingerprint density at radius 2 is 2.19 bits per heavy atom. The van der Waals surface area contributed by atoms with E-state index in [0.29, 0.717) is 17.8 Å². The van der Waals surface area contributed by atoms with Crippen LogP contribution < -0.4 is 10.2 Å². The molecule has 1 atom stereocenters. The number of carbonyl (C=O) groups excluding carboxylic acids is 1. The summed E-state index contributed by atoms with van der Waals surface area (Å²) in [6, 6.07) is 14.2. The average molecular weight is 363 g/mol. The van der Waals surface area contributed by atoms with Crippen LogP contribution in [0.1, 0.15) is 29.5 Å². The molecule has 0 bridgehead atoms. The lowest BCUT2D eigenvalue weighted by atomic mass is 10.0. The van der Waals surface area contributed by atoms with Gasteiger partial charge in [-0.2, -0.15) is 5.26 Å². The molecule has 2 aromatic carbocycles. The molecule has 1 fully saturated rings. The quantitative estimate of drug-likeness (QED) is 0.841. The predicted molar refractivity (Wildman–Crippen MR) is 105 cm³/mol. The molecule has 138 valence electrons. The van der Waals surface area contributed by atoms with Crippen molar-refractivity contribution in [2.75, 3.05) is 18.0 Å². The number of piperidine rings is 1. The topological polar surface area (TPSA) is 56.1 Å². The Kier molecular flexibility index (Phi) is 5.87. The molecule has 1 unspecified atom stereocenters. The van der Waals surface area contributed by atoms with Crippen LogP contribution in [0.3, 0.4) is 0 Å². The SMILES string of the molecule is Cc1ccc(F)c(N2CCCC(NC(=O)/C=C/c3cccc(C#N)c3)C2)c1. The van der Waals surface area contributed by atoms with Gasteiger partial charge in [-0.1, -0.05) is 18.2 Å². The molecule has 1 N–H and O–H groups in total. The average Bonchev–Trinajstić information content (AvgIpc) is 2.68. The lowest BCUT2D eigenvalue weighted by Gasteiger charge is -2.35. The minimum atomic E-state index is -0.232. The third-order valence-corrected chi connectivity index (χ3v) is 4.65. The summed E-state index contributed by atoms with van der Waals surface area (Å²) >= 11 is 0. The summed E-state index contributed by atoms with van der Waals surface area (Å²) in [6.45, 7) is 3.31. The molecule has 0 spiro atoms. The van der Waals surface area contributed by atoms with Crippen LogP contribution >= 0.6 is 0 Å². The van der Waals surface area contributed by atoms with E-state index in [1.807, 2.05) is 24.0 Å². The molecule has 1 amide bonds. The minimum absolute atomic E-state index is 0.0266. The highest BCUT2D eigenvalue weighted by Gasteiger charge is 2.22. The highest BCUT2D eigenvalue weighted by Crippen LogP contribution is 2.24. The highest BCUT2D eigenvalue weighted by molar-refractivity contribution is 5.92. The number of hydrogen-bond donors (Lipinski definition) is 1. The first kappa shape index (κ1) is 18.7. The molecule has 1 heterocycles. The van der Waals surface area contributed by atoms with Crippen LogP contribution in [0.2, 0.25) is 0 Å². The van der Waals surface area contributed by atoms with E-state index in [2.05, 4.69) is 11.4 Å². The molecule has 3 rings (SSSR count). The number of anilines is 1. The molecule has 1 saturated heterocycles. The van der Waals surface area contributed by atoms with E-state index < -0.39 is 0 Å². The van der Waals surface area contributed by atoms with E-state index in [4.69, 9.17) is 5.26 Å². The molecule has 2 aromatic rings. The van der Waals surface area contributed by atoms with Crippen LogP contribution in [0.5, 0.6) is 0 Å². The molecule has 0 saturated carbocycles. The normalized spacial score (nSPS) is 16.9. The summed E-state index contributed by atoms with van der Waals surface area (Å²) in [5, 5.41) is 11.9. The van der Waals surface area contributed by atoms with Gasteiger partial charge in [-0.15, -0.1) is 0 Å². The van der Waals surface area contributed by atoms with Crippen molar-refractivity contribution in [3.63, 3.8) is 0 Å². The van der Waals surface area contributed by atoms with Crippen LogP contribution in [-0.4, -0.2) is 25.0 Å². The van der Waals surface area contributed by atoms with Crippen molar-refractivity contribution in [3.05, 3.63) is 71.0 Å². The zero-order valence-electron chi connectivity index (χ0n) is 15.3. The van der Waals surface area contributed by atoms with E-state index in [0.717, 1.165) is 30.5 Å². The van der Waals surface area contributed by atoms with Crippen molar-refractivity contribution < 1.29 is 9.18 Å². The van der Waals surface area contributed by atoms with Gasteiger partial charge in [0.1, 0.15) is 5.82 Å². The van der Waals surface area contributed by atoms with Crippen LogP contribution in [0, 0.1) is 24.1 Å². The summed E-state index contributed by atoms with van der Waals surface area (Å²) in [4.78, 5) is 14.2. The van der Waals surface area contributed by atoms with Gasteiger partial charge in [0.2, 0.25) is 5.91 Å². The first-order chi connectivity index (χ1) is 13.0. The Bertz CT molecular complexity index is 901. The number of nitrogens with zero attached hydrogens (tertiary/aromatic N) is 2. The summed E-state index contributed by atoms with van der Waals surface area (Å²) in [5.41, 5.74) is 2.97. The third kappa shape index (κ3) is 4.95. The van der Waals surface area contributed by atoms with Gasteiger partial charge in [0.15, 0.2) is 0 Å². The lowest BCUT2D eigenvalue weighted by Crippen LogP contribution is -2.47. The molecule has 0 aliphatic carbocycles. The second-order valence-electron chi connectivity index (χ2n) is 6.82. The van der Waals surface area contributed by atoms with Gasteiger partial charge in [0, 0.05) is 25.2 Å². The smallest absolute Gasteiger partial charge is 0.244 e. The number of halogens is 1. The molecule has 1 aliphatic rings. The highest BCUT2D eigenvalue weighted by atomic mass is 19.1. The molecule has 0 aromatic heterocycles. The fourth-order valence-electron chi connectivity index (χ4n) is 3.31. The van der Waals surface area contributed by atoms with Gasteiger partial charge in [-0.25, -0.2) is 4.39 Å².